The number of hydrogen-bond donors (Lipinski definition) is 1. The van der Waals surface area contributed by atoms with Crippen molar-refractivity contribution in [1.82, 2.24) is 5.32 Å². The summed E-state index contributed by atoms with van der Waals surface area (Å²) in [7, 11) is 2.44. The third-order valence-electron chi connectivity index (χ3n) is 4.81. The minimum absolute atomic E-state index is 0.0143. The number of aryl methyl sites for hydroxylation is 1. The van der Waals surface area contributed by atoms with Crippen LogP contribution >= 0.6 is 0 Å². The number of ether oxygens (including phenoxy) is 3. The maximum absolute atomic E-state index is 13.0. The van der Waals surface area contributed by atoms with Gasteiger partial charge in [-0.05, 0) is 24.6 Å². The number of nitrogens with one attached hydrogen (secondary N) is 1. The minimum Gasteiger partial charge on any atom is -0.466 e. The van der Waals surface area contributed by atoms with Gasteiger partial charge < -0.3 is 24.4 Å². The van der Waals surface area contributed by atoms with Crippen LogP contribution in [0.4, 0.5) is 5.69 Å². The van der Waals surface area contributed by atoms with E-state index in [0.29, 0.717) is 17.8 Å². The van der Waals surface area contributed by atoms with Crippen molar-refractivity contribution in [2.24, 2.45) is 0 Å². The quantitative estimate of drug-likeness (QED) is 0.711. The van der Waals surface area contributed by atoms with Gasteiger partial charge in [0.25, 0.3) is 5.91 Å². The Kier molecular flexibility index (Phi) is 7.04. The molecule has 31 heavy (non-hydrogen) atoms. The molecule has 1 aliphatic rings. The molecule has 0 aromatic heterocycles. The van der Waals surface area contributed by atoms with Crippen LogP contribution in [0.15, 0.2) is 59.8 Å². The molecule has 2 aromatic rings. The van der Waals surface area contributed by atoms with Crippen LogP contribution in [-0.4, -0.2) is 45.4 Å². The number of para-hydroxylation sites is 1. The van der Waals surface area contributed by atoms with Crippen molar-refractivity contribution in [1.29, 1.82) is 0 Å². The summed E-state index contributed by atoms with van der Waals surface area (Å²) in [6.07, 6.45) is 0. The van der Waals surface area contributed by atoms with Crippen LogP contribution in [0.5, 0.6) is 0 Å². The Morgan fingerprint density at radius 3 is 2.48 bits per heavy atom. The van der Waals surface area contributed by atoms with E-state index in [0.717, 1.165) is 11.1 Å². The van der Waals surface area contributed by atoms with E-state index in [1.807, 2.05) is 31.2 Å². The third kappa shape index (κ3) is 4.92. The number of carbonyl (C=O) groups excluding carboxylic acids is 3. The molecule has 0 spiro atoms. The normalized spacial score (nSPS) is 13.6. The molecule has 0 atom stereocenters. The SMILES string of the molecule is COC(=O)C1=C(C(=O)OC)N(c2ccccc2C(=O)NCc2cccc(C)c2)COC1. The smallest absolute Gasteiger partial charge is 0.355 e. The van der Waals surface area contributed by atoms with Gasteiger partial charge in [0.2, 0.25) is 0 Å². The van der Waals surface area contributed by atoms with Gasteiger partial charge in [0.1, 0.15) is 12.4 Å². The molecule has 0 aliphatic carbocycles. The van der Waals surface area contributed by atoms with Gasteiger partial charge in [-0.25, -0.2) is 9.59 Å². The standard InChI is InChI=1S/C23H24N2O6/c1-15-7-6-8-16(11-15)12-24-21(26)17-9-4-5-10-19(17)25-14-31-13-18(22(27)29-2)20(25)23(28)30-3/h4-11H,12-14H2,1-3H3,(H,24,26). The summed E-state index contributed by atoms with van der Waals surface area (Å²) in [5, 5.41) is 2.89. The van der Waals surface area contributed by atoms with E-state index >= 15 is 0 Å². The molecule has 0 unspecified atom stereocenters. The first kappa shape index (κ1) is 22.0. The first-order valence-corrected chi connectivity index (χ1v) is 9.64. The number of carbonyl (C=O) groups is 3. The third-order valence-corrected chi connectivity index (χ3v) is 4.81. The Labute approximate surface area is 180 Å². The first-order chi connectivity index (χ1) is 15.0. The molecule has 0 fully saturated rings. The molecule has 1 heterocycles. The first-order valence-electron chi connectivity index (χ1n) is 9.64. The lowest BCUT2D eigenvalue weighted by molar-refractivity contribution is -0.140. The molecule has 0 bridgehead atoms. The van der Waals surface area contributed by atoms with Crippen LogP contribution < -0.4 is 10.2 Å². The average Bonchev–Trinajstić information content (AvgIpc) is 2.81. The van der Waals surface area contributed by atoms with Gasteiger partial charge in [-0.15, -0.1) is 0 Å². The number of benzene rings is 2. The summed E-state index contributed by atoms with van der Waals surface area (Å²) < 4.78 is 15.2. The molecule has 0 saturated carbocycles. The van der Waals surface area contributed by atoms with E-state index < -0.39 is 11.9 Å². The fourth-order valence-corrected chi connectivity index (χ4v) is 3.33. The lowest BCUT2D eigenvalue weighted by Gasteiger charge is -2.32. The summed E-state index contributed by atoms with van der Waals surface area (Å²) in [6, 6.07) is 14.6. The van der Waals surface area contributed by atoms with Crippen LogP contribution in [0.3, 0.4) is 0 Å². The molecule has 0 radical (unpaired) electrons. The van der Waals surface area contributed by atoms with Gasteiger partial charge in [-0.3, -0.25) is 4.79 Å². The highest BCUT2D eigenvalue weighted by atomic mass is 16.5. The van der Waals surface area contributed by atoms with Crippen molar-refractivity contribution >= 4 is 23.5 Å². The maximum Gasteiger partial charge on any atom is 0.355 e. The predicted octanol–water partition coefficient (Wildman–Crippen LogP) is 2.32. The molecule has 8 heteroatoms. The number of nitrogens with zero attached hydrogens (tertiary/aromatic N) is 1. The summed E-state index contributed by atoms with van der Waals surface area (Å²) in [5.41, 5.74) is 2.81. The van der Waals surface area contributed by atoms with Gasteiger partial charge in [0.05, 0.1) is 37.7 Å². The van der Waals surface area contributed by atoms with E-state index in [9.17, 15) is 14.4 Å². The summed E-state index contributed by atoms with van der Waals surface area (Å²) in [6.45, 7) is 2.19. The Morgan fingerprint density at radius 2 is 1.77 bits per heavy atom. The lowest BCUT2D eigenvalue weighted by atomic mass is 10.1. The number of rotatable bonds is 6. The van der Waals surface area contributed by atoms with Gasteiger partial charge in [-0.2, -0.15) is 0 Å². The molecule has 8 nitrogen and oxygen atoms in total. The highest BCUT2D eigenvalue weighted by Crippen LogP contribution is 2.29. The van der Waals surface area contributed by atoms with Crippen molar-refractivity contribution < 1.29 is 28.6 Å². The molecule has 1 amide bonds. The maximum atomic E-state index is 13.0. The topological polar surface area (TPSA) is 94.2 Å². The second-order valence-corrected chi connectivity index (χ2v) is 6.90. The predicted molar refractivity (Wildman–Crippen MR) is 113 cm³/mol. The van der Waals surface area contributed by atoms with Crippen molar-refractivity contribution in [3.8, 4) is 0 Å². The van der Waals surface area contributed by atoms with Crippen LogP contribution in [0.2, 0.25) is 0 Å². The Hall–Kier alpha value is -3.65. The van der Waals surface area contributed by atoms with E-state index in [2.05, 4.69) is 5.32 Å². The fourth-order valence-electron chi connectivity index (χ4n) is 3.33. The molecule has 162 valence electrons. The number of hydrogen-bond acceptors (Lipinski definition) is 7. The van der Waals surface area contributed by atoms with E-state index in [1.165, 1.54) is 19.1 Å². The second kappa shape index (κ2) is 9.90. The van der Waals surface area contributed by atoms with Crippen molar-refractivity contribution in [3.63, 3.8) is 0 Å². The molecule has 3 rings (SSSR count). The monoisotopic (exact) mass is 424 g/mol. The van der Waals surface area contributed by atoms with E-state index in [1.54, 1.807) is 24.3 Å². The van der Waals surface area contributed by atoms with Gasteiger partial charge >= 0.3 is 11.9 Å². The van der Waals surface area contributed by atoms with Gasteiger partial charge in [-0.1, -0.05) is 42.0 Å². The minimum atomic E-state index is -0.723. The number of anilines is 1. The average molecular weight is 424 g/mol. The number of methoxy groups -OCH3 is 2. The summed E-state index contributed by atoms with van der Waals surface area (Å²) in [5.74, 6) is -1.75. The molecule has 1 aliphatic heterocycles. The zero-order valence-electron chi connectivity index (χ0n) is 17.6. The van der Waals surface area contributed by atoms with Crippen LogP contribution in [0.25, 0.3) is 0 Å². The van der Waals surface area contributed by atoms with Crippen LogP contribution in [0, 0.1) is 6.92 Å². The lowest BCUT2D eigenvalue weighted by Crippen LogP contribution is -2.40. The Bertz CT molecular complexity index is 1030. The van der Waals surface area contributed by atoms with E-state index in [4.69, 9.17) is 14.2 Å². The molecule has 1 N–H and O–H groups in total. The van der Waals surface area contributed by atoms with Gasteiger partial charge in [0, 0.05) is 6.54 Å². The van der Waals surface area contributed by atoms with Crippen LogP contribution in [-0.2, 0) is 30.3 Å². The van der Waals surface area contributed by atoms with Crippen molar-refractivity contribution in [2.75, 3.05) is 32.5 Å². The Morgan fingerprint density at radius 1 is 1.03 bits per heavy atom. The van der Waals surface area contributed by atoms with E-state index in [-0.39, 0.29) is 30.5 Å². The molecule has 0 saturated heterocycles. The molecular weight excluding hydrogens is 400 g/mol. The van der Waals surface area contributed by atoms with Crippen LogP contribution in [0.1, 0.15) is 21.5 Å². The number of amides is 1. The molecule has 2 aromatic carbocycles. The summed E-state index contributed by atoms with van der Waals surface area (Å²) >= 11 is 0. The fraction of sp³-hybridized carbons (Fsp3) is 0.261. The van der Waals surface area contributed by atoms with Gasteiger partial charge in [0.15, 0.2) is 0 Å². The largest absolute Gasteiger partial charge is 0.466 e. The van der Waals surface area contributed by atoms with Crippen molar-refractivity contribution in [3.05, 3.63) is 76.5 Å². The zero-order chi connectivity index (χ0) is 22.4. The van der Waals surface area contributed by atoms with Crippen molar-refractivity contribution in [2.45, 2.75) is 13.5 Å². The Balaban J connectivity index is 1.94. The zero-order valence-corrected chi connectivity index (χ0v) is 17.6. The number of esters is 2. The second-order valence-electron chi connectivity index (χ2n) is 6.90. The highest BCUT2D eigenvalue weighted by molar-refractivity contribution is 6.06. The highest BCUT2D eigenvalue weighted by Gasteiger charge is 2.33. The molecular formula is C23H24N2O6. The summed E-state index contributed by atoms with van der Waals surface area (Å²) in [4.78, 5) is 39.2.